The average Bonchev–Trinajstić information content (AvgIpc) is 3.16. The zero-order chi connectivity index (χ0) is 14.9. The Morgan fingerprint density at radius 2 is 1.71 bits per heavy atom. The zero-order valence-electron chi connectivity index (χ0n) is 12.6. The molecule has 0 spiro atoms. The molecule has 1 unspecified atom stereocenters. The summed E-state index contributed by atoms with van der Waals surface area (Å²) in [6.45, 7) is 3.11. The first kappa shape index (κ1) is 14.8. The van der Waals surface area contributed by atoms with E-state index in [0.717, 1.165) is 38.5 Å². The highest BCUT2D eigenvalue weighted by molar-refractivity contribution is 5.92. The first-order chi connectivity index (χ1) is 10.1. The lowest BCUT2D eigenvalue weighted by molar-refractivity contribution is -0.148. The van der Waals surface area contributed by atoms with Crippen molar-refractivity contribution in [3.63, 3.8) is 0 Å². The first-order valence-corrected chi connectivity index (χ1v) is 8.08. The second-order valence-electron chi connectivity index (χ2n) is 6.46. The Morgan fingerprint density at radius 1 is 1.05 bits per heavy atom. The Kier molecular flexibility index (Phi) is 4.17. The number of carbonyl (C=O) groups is 2. The van der Waals surface area contributed by atoms with Crippen molar-refractivity contribution in [2.45, 2.75) is 50.1 Å². The van der Waals surface area contributed by atoms with Crippen molar-refractivity contribution in [2.24, 2.45) is 5.73 Å². The maximum Gasteiger partial charge on any atom is 0.245 e. The molecule has 118 valence electrons. The molecule has 1 saturated carbocycles. The fourth-order valence-electron chi connectivity index (χ4n) is 3.77. The van der Waals surface area contributed by atoms with Crippen LogP contribution in [-0.4, -0.2) is 66.0 Å². The van der Waals surface area contributed by atoms with Crippen molar-refractivity contribution < 1.29 is 14.3 Å². The Hall–Kier alpha value is -1.14. The van der Waals surface area contributed by atoms with E-state index >= 15 is 0 Å². The van der Waals surface area contributed by atoms with E-state index < -0.39 is 5.54 Å². The number of amides is 2. The lowest BCUT2D eigenvalue weighted by Crippen LogP contribution is -2.58. The van der Waals surface area contributed by atoms with Crippen LogP contribution in [0.2, 0.25) is 0 Å². The summed E-state index contributed by atoms with van der Waals surface area (Å²) in [5, 5.41) is 0. The minimum Gasteiger partial charge on any atom is -0.378 e. The molecule has 6 heteroatoms. The van der Waals surface area contributed by atoms with Gasteiger partial charge in [0.15, 0.2) is 0 Å². The molecule has 2 N–H and O–H groups in total. The Labute approximate surface area is 125 Å². The van der Waals surface area contributed by atoms with Crippen LogP contribution in [0, 0.1) is 0 Å². The highest BCUT2D eigenvalue weighted by Gasteiger charge is 2.45. The van der Waals surface area contributed by atoms with Gasteiger partial charge in [-0.05, 0) is 25.7 Å². The van der Waals surface area contributed by atoms with Gasteiger partial charge in [-0.3, -0.25) is 9.59 Å². The molecule has 3 rings (SSSR count). The summed E-state index contributed by atoms with van der Waals surface area (Å²) in [7, 11) is 0. The van der Waals surface area contributed by atoms with Gasteiger partial charge in [0.05, 0.1) is 18.8 Å². The molecule has 2 aliphatic heterocycles. The average molecular weight is 295 g/mol. The summed E-state index contributed by atoms with van der Waals surface area (Å²) < 4.78 is 5.29. The van der Waals surface area contributed by atoms with Crippen LogP contribution >= 0.6 is 0 Å². The van der Waals surface area contributed by atoms with Gasteiger partial charge in [-0.15, -0.1) is 0 Å². The fraction of sp³-hybridized carbons (Fsp3) is 0.867. The Bertz CT molecular complexity index is 414. The SMILES string of the molecule is NC1(C(=O)N2CCCC2C(=O)N2CCOCC2)CCCC1. The van der Waals surface area contributed by atoms with Crippen LogP contribution in [-0.2, 0) is 14.3 Å². The van der Waals surface area contributed by atoms with Crippen molar-refractivity contribution in [3.8, 4) is 0 Å². The quantitative estimate of drug-likeness (QED) is 0.784. The third kappa shape index (κ3) is 2.79. The Morgan fingerprint density at radius 3 is 2.38 bits per heavy atom. The summed E-state index contributed by atoms with van der Waals surface area (Å²) in [4.78, 5) is 29.0. The number of nitrogens with zero attached hydrogens (tertiary/aromatic N) is 2. The highest BCUT2D eigenvalue weighted by atomic mass is 16.5. The molecule has 3 fully saturated rings. The van der Waals surface area contributed by atoms with Crippen LogP contribution in [0.3, 0.4) is 0 Å². The molecule has 0 aromatic rings. The molecule has 0 bridgehead atoms. The van der Waals surface area contributed by atoms with Gasteiger partial charge >= 0.3 is 0 Å². The van der Waals surface area contributed by atoms with Crippen LogP contribution in [0.5, 0.6) is 0 Å². The minimum absolute atomic E-state index is 0.0101. The van der Waals surface area contributed by atoms with Gasteiger partial charge < -0.3 is 20.3 Å². The van der Waals surface area contributed by atoms with E-state index in [0.29, 0.717) is 32.8 Å². The molecule has 3 aliphatic rings. The third-order valence-electron chi connectivity index (χ3n) is 5.04. The molecular weight excluding hydrogens is 270 g/mol. The van der Waals surface area contributed by atoms with Crippen molar-refractivity contribution in [3.05, 3.63) is 0 Å². The number of likely N-dealkylation sites (tertiary alicyclic amines) is 1. The smallest absolute Gasteiger partial charge is 0.245 e. The molecule has 0 radical (unpaired) electrons. The zero-order valence-corrected chi connectivity index (χ0v) is 12.6. The lowest BCUT2D eigenvalue weighted by Gasteiger charge is -2.35. The van der Waals surface area contributed by atoms with Gasteiger partial charge in [0.25, 0.3) is 0 Å². The Balaban J connectivity index is 1.69. The molecule has 2 saturated heterocycles. The maximum atomic E-state index is 12.8. The van der Waals surface area contributed by atoms with Crippen molar-refractivity contribution in [1.82, 2.24) is 9.80 Å². The van der Waals surface area contributed by atoms with E-state index in [1.165, 1.54) is 0 Å². The molecule has 21 heavy (non-hydrogen) atoms. The summed E-state index contributed by atoms with van der Waals surface area (Å²) in [6, 6.07) is -0.309. The molecular formula is C15H25N3O3. The molecule has 2 heterocycles. The largest absolute Gasteiger partial charge is 0.378 e. The summed E-state index contributed by atoms with van der Waals surface area (Å²) in [5.74, 6) is 0.0647. The van der Waals surface area contributed by atoms with Crippen molar-refractivity contribution in [1.29, 1.82) is 0 Å². The number of ether oxygens (including phenoxy) is 1. The van der Waals surface area contributed by atoms with Crippen molar-refractivity contribution >= 4 is 11.8 Å². The third-order valence-corrected chi connectivity index (χ3v) is 5.04. The van der Waals surface area contributed by atoms with Gasteiger partial charge in [0.2, 0.25) is 11.8 Å². The fourth-order valence-corrected chi connectivity index (χ4v) is 3.77. The van der Waals surface area contributed by atoms with E-state index in [9.17, 15) is 9.59 Å². The van der Waals surface area contributed by atoms with Crippen LogP contribution in [0.4, 0.5) is 0 Å². The number of rotatable bonds is 2. The van der Waals surface area contributed by atoms with Crippen molar-refractivity contribution in [2.75, 3.05) is 32.8 Å². The molecule has 0 aromatic heterocycles. The molecule has 2 amide bonds. The molecule has 6 nitrogen and oxygen atoms in total. The highest BCUT2D eigenvalue weighted by Crippen LogP contribution is 2.32. The predicted octanol–water partition coefficient (Wildman–Crippen LogP) is 0.108. The van der Waals surface area contributed by atoms with E-state index in [2.05, 4.69) is 0 Å². The van der Waals surface area contributed by atoms with Gasteiger partial charge in [-0.1, -0.05) is 12.8 Å². The van der Waals surface area contributed by atoms with Crippen LogP contribution in [0.15, 0.2) is 0 Å². The standard InChI is InChI=1S/C15H25N3O3/c16-15(5-1-2-6-15)14(20)18-7-3-4-12(18)13(19)17-8-10-21-11-9-17/h12H,1-11,16H2. The summed E-state index contributed by atoms with van der Waals surface area (Å²) in [6.07, 6.45) is 5.18. The summed E-state index contributed by atoms with van der Waals surface area (Å²) in [5.41, 5.74) is 5.56. The minimum atomic E-state index is -0.728. The topological polar surface area (TPSA) is 75.9 Å². The van der Waals surface area contributed by atoms with E-state index in [1.54, 1.807) is 4.90 Å². The van der Waals surface area contributed by atoms with Gasteiger partial charge in [0.1, 0.15) is 6.04 Å². The van der Waals surface area contributed by atoms with E-state index in [-0.39, 0.29) is 17.9 Å². The predicted molar refractivity (Wildman–Crippen MR) is 77.5 cm³/mol. The second-order valence-corrected chi connectivity index (χ2v) is 6.46. The monoisotopic (exact) mass is 295 g/mol. The summed E-state index contributed by atoms with van der Waals surface area (Å²) >= 11 is 0. The van der Waals surface area contributed by atoms with E-state index in [1.807, 2.05) is 4.90 Å². The number of nitrogens with two attached hydrogens (primary N) is 1. The molecule has 1 aliphatic carbocycles. The second kappa shape index (κ2) is 5.93. The number of carbonyl (C=O) groups excluding carboxylic acids is 2. The number of hydrogen-bond donors (Lipinski definition) is 1. The number of hydrogen-bond acceptors (Lipinski definition) is 4. The van der Waals surface area contributed by atoms with Crippen LogP contribution < -0.4 is 5.73 Å². The van der Waals surface area contributed by atoms with Gasteiger partial charge in [-0.2, -0.15) is 0 Å². The van der Waals surface area contributed by atoms with Crippen LogP contribution in [0.25, 0.3) is 0 Å². The van der Waals surface area contributed by atoms with E-state index in [4.69, 9.17) is 10.5 Å². The first-order valence-electron chi connectivity index (χ1n) is 8.08. The van der Waals surface area contributed by atoms with Gasteiger partial charge in [-0.25, -0.2) is 0 Å². The lowest BCUT2D eigenvalue weighted by atomic mass is 9.96. The van der Waals surface area contributed by atoms with Gasteiger partial charge in [0, 0.05) is 19.6 Å². The normalized spacial score (nSPS) is 28.9. The molecule has 0 aromatic carbocycles. The maximum absolute atomic E-state index is 12.8. The number of morpholine rings is 1. The molecule has 1 atom stereocenters. The van der Waals surface area contributed by atoms with Crippen LogP contribution in [0.1, 0.15) is 38.5 Å².